The molecule has 0 N–H and O–H groups in total. The van der Waals surface area contributed by atoms with Gasteiger partial charge in [0.2, 0.25) is 0 Å². The predicted octanol–water partition coefficient (Wildman–Crippen LogP) is 2.95. The number of unbranched alkanes of at least 4 members (excludes halogenated alkanes) is 1. The molecule has 146 valence electrons. The minimum absolute atomic E-state index is 0.0541. The molecule has 0 aliphatic rings. The molecule has 0 fully saturated rings. The third-order valence-electron chi connectivity index (χ3n) is 3.17. The zero-order valence-corrected chi connectivity index (χ0v) is 16.1. The first-order valence-corrected chi connectivity index (χ1v) is 9.41. The van der Waals surface area contributed by atoms with Crippen LogP contribution in [0.4, 0.5) is 10.5 Å². The van der Waals surface area contributed by atoms with Crippen LogP contribution in [0.1, 0.15) is 33.6 Å². The van der Waals surface area contributed by atoms with Crippen molar-refractivity contribution >= 4 is 21.9 Å². The number of amides is 1. The quantitative estimate of drug-likeness (QED) is 0.291. The Bertz CT molecular complexity index is 724. The van der Waals surface area contributed by atoms with Crippen LogP contribution in [-0.4, -0.2) is 50.1 Å². The van der Waals surface area contributed by atoms with E-state index in [1.165, 1.54) is 4.90 Å². The number of nitro benzene ring substituents is 1. The molecule has 0 aromatic heterocycles. The molecular formula is C16H24N2O7S. The number of rotatable bonds is 8. The number of hydrogen-bond acceptors (Lipinski definition) is 7. The molecule has 10 heteroatoms. The average molecular weight is 388 g/mol. The molecule has 0 unspecified atom stereocenters. The standard InChI is InChI=1S/C16H24N2O7S/c1-16(2,3)25-15(19)17(4)11-5-6-12-24-26(22,23)14-9-7-13(8-10-14)18(20)21/h7-10H,5-6,11-12H2,1-4H3. The highest BCUT2D eigenvalue weighted by atomic mass is 32.2. The molecular weight excluding hydrogens is 364 g/mol. The Morgan fingerprint density at radius 3 is 2.27 bits per heavy atom. The lowest BCUT2D eigenvalue weighted by molar-refractivity contribution is -0.384. The van der Waals surface area contributed by atoms with Gasteiger partial charge in [-0.05, 0) is 45.7 Å². The maximum absolute atomic E-state index is 12.0. The van der Waals surface area contributed by atoms with Gasteiger partial charge in [-0.15, -0.1) is 0 Å². The molecule has 1 amide bonds. The number of non-ortho nitro benzene ring substituents is 1. The van der Waals surface area contributed by atoms with Gasteiger partial charge in [-0.2, -0.15) is 8.42 Å². The number of carbonyl (C=O) groups is 1. The Morgan fingerprint density at radius 1 is 1.19 bits per heavy atom. The van der Waals surface area contributed by atoms with E-state index in [-0.39, 0.29) is 17.2 Å². The fraction of sp³-hybridized carbons (Fsp3) is 0.562. The van der Waals surface area contributed by atoms with Crippen molar-refractivity contribution in [1.29, 1.82) is 0 Å². The topological polar surface area (TPSA) is 116 Å². The highest BCUT2D eigenvalue weighted by Gasteiger charge is 2.20. The Morgan fingerprint density at radius 2 is 1.77 bits per heavy atom. The van der Waals surface area contributed by atoms with Crippen LogP contribution in [0.3, 0.4) is 0 Å². The summed E-state index contributed by atoms with van der Waals surface area (Å²) in [5, 5.41) is 10.6. The van der Waals surface area contributed by atoms with Crippen molar-refractivity contribution in [2.75, 3.05) is 20.2 Å². The van der Waals surface area contributed by atoms with Crippen molar-refractivity contribution in [3.63, 3.8) is 0 Å². The molecule has 0 saturated carbocycles. The van der Waals surface area contributed by atoms with Crippen LogP contribution in [0.5, 0.6) is 0 Å². The van der Waals surface area contributed by atoms with Gasteiger partial charge >= 0.3 is 6.09 Å². The molecule has 1 rings (SSSR count). The second-order valence-electron chi connectivity index (χ2n) is 6.64. The van der Waals surface area contributed by atoms with Gasteiger partial charge in [0.25, 0.3) is 15.8 Å². The summed E-state index contributed by atoms with van der Waals surface area (Å²) in [6.07, 6.45) is 0.502. The van der Waals surface area contributed by atoms with E-state index in [1.807, 2.05) is 0 Å². The van der Waals surface area contributed by atoms with Crippen LogP contribution in [0.25, 0.3) is 0 Å². The molecule has 0 aliphatic carbocycles. The van der Waals surface area contributed by atoms with Crippen LogP contribution < -0.4 is 0 Å². The van der Waals surface area contributed by atoms with E-state index in [2.05, 4.69) is 0 Å². The summed E-state index contributed by atoms with van der Waals surface area (Å²) >= 11 is 0. The van der Waals surface area contributed by atoms with Crippen LogP contribution in [0.2, 0.25) is 0 Å². The average Bonchev–Trinajstić information content (AvgIpc) is 2.52. The largest absolute Gasteiger partial charge is 0.444 e. The van der Waals surface area contributed by atoms with E-state index in [0.717, 1.165) is 24.3 Å². The van der Waals surface area contributed by atoms with E-state index < -0.39 is 26.7 Å². The monoisotopic (exact) mass is 388 g/mol. The second kappa shape index (κ2) is 8.95. The van der Waals surface area contributed by atoms with E-state index in [0.29, 0.717) is 19.4 Å². The number of ether oxygens (including phenoxy) is 1. The molecule has 0 radical (unpaired) electrons. The summed E-state index contributed by atoms with van der Waals surface area (Å²) in [6, 6.07) is 4.46. The minimum Gasteiger partial charge on any atom is -0.444 e. The fourth-order valence-corrected chi connectivity index (χ4v) is 2.80. The molecule has 1 aromatic carbocycles. The molecule has 0 atom stereocenters. The highest BCUT2D eigenvalue weighted by Crippen LogP contribution is 2.18. The van der Waals surface area contributed by atoms with E-state index >= 15 is 0 Å². The van der Waals surface area contributed by atoms with Crippen LogP contribution >= 0.6 is 0 Å². The van der Waals surface area contributed by atoms with Crippen LogP contribution in [0.15, 0.2) is 29.2 Å². The summed E-state index contributed by atoms with van der Waals surface area (Å²) in [4.78, 5) is 23.0. The van der Waals surface area contributed by atoms with Gasteiger partial charge in [0.15, 0.2) is 0 Å². The predicted molar refractivity (Wildman–Crippen MR) is 94.3 cm³/mol. The molecule has 0 spiro atoms. The fourth-order valence-electron chi connectivity index (χ4n) is 1.85. The lowest BCUT2D eigenvalue weighted by atomic mass is 10.2. The Balaban J connectivity index is 2.40. The van der Waals surface area contributed by atoms with Gasteiger partial charge in [-0.3, -0.25) is 14.3 Å². The van der Waals surface area contributed by atoms with Crippen molar-refractivity contribution in [1.82, 2.24) is 4.90 Å². The van der Waals surface area contributed by atoms with Crippen LogP contribution in [-0.2, 0) is 19.0 Å². The van der Waals surface area contributed by atoms with Crippen molar-refractivity contribution < 1.29 is 27.1 Å². The Kier molecular flexibility index (Phi) is 7.52. The summed E-state index contributed by atoms with van der Waals surface area (Å²) in [5.41, 5.74) is -0.776. The van der Waals surface area contributed by atoms with Gasteiger partial charge in [0, 0.05) is 25.7 Å². The normalized spacial score (nSPS) is 11.8. The maximum atomic E-state index is 12.0. The first-order chi connectivity index (χ1) is 11.9. The van der Waals surface area contributed by atoms with Gasteiger partial charge < -0.3 is 9.64 Å². The minimum atomic E-state index is -3.97. The number of carbonyl (C=O) groups excluding carboxylic acids is 1. The second-order valence-corrected chi connectivity index (χ2v) is 8.25. The van der Waals surface area contributed by atoms with Crippen molar-refractivity contribution in [3.8, 4) is 0 Å². The summed E-state index contributed by atoms with van der Waals surface area (Å²) in [6.45, 7) is 5.66. The SMILES string of the molecule is CN(CCCCOS(=O)(=O)c1ccc([N+](=O)[O-])cc1)C(=O)OC(C)(C)C. The van der Waals surface area contributed by atoms with Crippen molar-refractivity contribution in [2.45, 2.75) is 44.1 Å². The Labute approximate surface area is 153 Å². The molecule has 0 aliphatic heterocycles. The first-order valence-electron chi connectivity index (χ1n) is 8.00. The third kappa shape index (κ3) is 7.36. The molecule has 1 aromatic rings. The highest BCUT2D eigenvalue weighted by molar-refractivity contribution is 7.86. The van der Waals surface area contributed by atoms with E-state index in [1.54, 1.807) is 27.8 Å². The molecule has 0 heterocycles. The lowest BCUT2D eigenvalue weighted by Crippen LogP contribution is -2.34. The lowest BCUT2D eigenvalue weighted by Gasteiger charge is -2.24. The van der Waals surface area contributed by atoms with Crippen molar-refractivity contribution in [2.24, 2.45) is 0 Å². The Hall–Kier alpha value is -2.20. The van der Waals surface area contributed by atoms with Gasteiger partial charge in [-0.1, -0.05) is 0 Å². The summed E-state index contributed by atoms with van der Waals surface area (Å²) in [7, 11) is -2.37. The van der Waals surface area contributed by atoms with Gasteiger partial charge in [0.1, 0.15) is 5.60 Å². The number of hydrogen-bond donors (Lipinski definition) is 0. The number of nitro groups is 1. The molecule has 26 heavy (non-hydrogen) atoms. The first kappa shape index (κ1) is 21.8. The van der Waals surface area contributed by atoms with E-state index in [4.69, 9.17) is 8.92 Å². The number of nitrogens with zero attached hydrogens (tertiary/aromatic N) is 2. The van der Waals surface area contributed by atoms with Gasteiger partial charge in [0.05, 0.1) is 16.4 Å². The molecule has 0 bridgehead atoms. The van der Waals surface area contributed by atoms with Gasteiger partial charge in [-0.25, -0.2) is 4.79 Å². The molecule has 0 saturated heterocycles. The van der Waals surface area contributed by atoms with Crippen molar-refractivity contribution in [3.05, 3.63) is 34.4 Å². The molecule has 9 nitrogen and oxygen atoms in total. The third-order valence-corrected chi connectivity index (χ3v) is 4.49. The summed E-state index contributed by atoms with van der Waals surface area (Å²) in [5.74, 6) is 0. The number of benzene rings is 1. The zero-order valence-electron chi connectivity index (χ0n) is 15.3. The maximum Gasteiger partial charge on any atom is 0.410 e. The summed E-state index contributed by atoms with van der Waals surface area (Å²) < 4.78 is 34.1. The van der Waals surface area contributed by atoms with E-state index in [9.17, 15) is 23.3 Å². The van der Waals surface area contributed by atoms with Crippen LogP contribution in [0, 0.1) is 10.1 Å². The zero-order chi connectivity index (χ0) is 20.0. The smallest absolute Gasteiger partial charge is 0.410 e.